The highest BCUT2D eigenvalue weighted by molar-refractivity contribution is 9.10. The monoisotopic (exact) mass is 387 g/mol. The van der Waals surface area contributed by atoms with Gasteiger partial charge in [0.15, 0.2) is 5.69 Å². The Morgan fingerprint density at radius 2 is 2.00 bits per heavy atom. The Hall–Kier alpha value is -3.07. The van der Waals surface area contributed by atoms with Crippen LogP contribution in [0.25, 0.3) is 5.69 Å². The molecule has 2 aromatic carbocycles. The second kappa shape index (κ2) is 6.59. The molecule has 9 heteroatoms. The van der Waals surface area contributed by atoms with Gasteiger partial charge in [-0.15, -0.1) is 5.10 Å². The molecule has 0 bridgehead atoms. The molecule has 1 N–H and O–H groups in total. The highest BCUT2D eigenvalue weighted by atomic mass is 79.9. The van der Waals surface area contributed by atoms with E-state index in [4.69, 9.17) is 0 Å². The topological polar surface area (TPSA) is 103 Å². The number of carbonyl (C=O) groups excluding carboxylic acids is 1. The van der Waals surface area contributed by atoms with Crippen LogP contribution in [0.15, 0.2) is 59.2 Å². The lowest BCUT2D eigenvalue weighted by Crippen LogP contribution is -2.12. The minimum absolute atomic E-state index is 0.0986. The van der Waals surface area contributed by atoms with Crippen LogP contribution in [0.3, 0.4) is 0 Å². The number of nitrogens with zero attached hydrogens (tertiary/aromatic N) is 4. The quantitative estimate of drug-likeness (QED) is 0.546. The molecule has 8 nitrogen and oxygen atoms in total. The minimum atomic E-state index is -0.529. The van der Waals surface area contributed by atoms with Crippen LogP contribution in [-0.2, 0) is 0 Å². The Labute approximate surface area is 144 Å². The SMILES string of the molecule is O=C(Nc1cccc([N+](=O)[O-])c1)c1cn(-c2cccc(Br)c2)nn1. The van der Waals surface area contributed by atoms with Crippen molar-refractivity contribution in [2.45, 2.75) is 0 Å². The van der Waals surface area contributed by atoms with Gasteiger partial charge in [-0.1, -0.05) is 33.3 Å². The molecular formula is C15H10BrN5O3. The molecule has 0 fully saturated rings. The lowest BCUT2D eigenvalue weighted by atomic mass is 10.2. The highest BCUT2D eigenvalue weighted by Crippen LogP contribution is 2.18. The first-order valence-electron chi connectivity index (χ1n) is 6.77. The van der Waals surface area contributed by atoms with Gasteiger partial charge in [0.1, 0.15) is 0 Å². The molecule has 0 aliphatic rings. The van der Waals surface area contributed by atoms with Gasteiger partial charge >= 0.3 is 0 Å². The Morgan fingerprint density at radius 3 is 2.75 bits per heavy atom. The molecule has 0 spiro atoms. The van der Waals surface area contributed by atoms with Crippen molar-refractivity contribution < 1.29 is 9.72 Å². The van der Waals surface area contributed by atoms with Crippen molar-refractivity contribution in [3.8, 4) is 5.69 Å². The van der Waals surface area contributed by atoms with Crippen LogP contribution >= 0.6 is 15.9 Å². The van der Waals surface area contributed by atoms with Gasteiger partial charge in [-0.3, -0.25) is 14.9 Å². The summed E-state index contributed by atoms with van der Waals surface area (Å²) < 4.78 is 2.34. The van der Waals surface area contributed by atoms with Crippen LogP contribution in [0, 0.1) is 10.1 Å². The standard InChI is InChI=1S/C15H10BrN5O3/c16-10-3-1-5-12(7-10)20-9-14(18-19-20)15(22)17-11-4-2-6-13(8-11)21(23)24/h1-9H,(H,17,22). The van der Waals surface area contributed by atoms with Crippen LogP contribution in [0.5, 0.6) is 0 Å². The number of halogens is 1. The Balaban J connectivity index is 1.79. The van der Waals surface area contributed by atoms with Crippen LogP contribution < -0.4 is 5.32 Å². The van der Waals surface area contributed by atoms with Crippen molar-refractivity contribution in [1.82, 2.24) is 15.0 Å². The van der Waals surface area contributed by atoms with Gasteiger partial charge in [-0.05, 0) is 24.3 Å². The smallest absolute Gasteiger partial charge is 0.277 e. The van der Waals surface area contributed by atoms with Crippen molar-refractivity contribution >= 4 is 33.2 Å². The summed E-state index contributed by atoms with van der Waals surface area (Å²) in [6, 6.07) is 13.0. The van der Waals surface area contributed by atoms with E-state index in [2.05, 4.69) is 31.6 Å². The normalized spacial score (nSPS) is 10.4. The number of benzene rings is 2. The maximum Gasteiger partial charge on any atom is 0.277 e. The van der Waals surface area contributed by atoms with Gasteiger partial charge in [0.25, 0.3) is 11.6 Å². The molecule has 1 aromatic heterocycles. The molecule has 1 amide bonds. The number of hydrogen-bond donors (Lipinski definition) is 1. The van der Waals surface area contributed by atoms with Gasteiger partial charge in [-0.2, -0.15) is 0 Å². The zero-order chi connectivity index (χ0) is 17.1. The van der Waals surface area contributed by atoms with E-state index in [1.165, 1.54) is 29.1 Å². The molecule has 3 aromatic rings. The van der Waals surface area contributed by atoms with Crippen LogP contribution in [-0.4, -0.2) is 25.8 Å². The zero-order valence-electron chi connectivity index (χ0n) is 12.1. The predicted octanol–water partition coefficient (Wildman–Crippen LogP) is 3.19. The van der Waals surface area contributed by atoms with E-state index in [0.29, 0.717) is 5.69 Å². The van der Waals surface area contributed by atoms with Crippen molar-refractivity contribution in [3.63, 3.8) is 0 Å². The fourth-order valence-corrected chi connectivity index (χ4v) is 2.39. The number of anilines is 1. The van der Waals surface area contributed by atoms with E-state index < -0.39 is 10.8 Å². The number of nitro benzene ring substituents is 1. The Bertz CT molecular complexity index is 925. The lowest BCUT2D eigenvalue weighted by Gasteiger charge is -2.02. The minimum Gasteiger partial charge on any atom is -0.320 e. The molecule has 120 valence electrons. The summed E-state index contributed by atoms with van der Waals surface area (Å²) >= 11 is 3.36. The van der Waals surface area contributed by atoms with Gasteiger partial charge in [0.2, 0.25) is 0 Å². The molecular weight excluding hydrogens is 378 g/mol. The molecule has 0 unspecified atom stereocenters. The number of hydrogen-bond acceptors (Lipinski definition) is 5. The third-order valence-electron chi connectivity index (χ3n) is 3.11. The summed E-state index contributed by atoms with van der Waals surface area (Å²) in [7, 11) is 0. The maximum absolute atomic E-state index is 12.2. The largest absolute Gasteiger partial charge is 0.320 e. The van der Waals surface area contributed by atoms with Gasteiger partial charge in [0.05, 0.1) is 16.8 Å². The average Bonchev–Trinajstić information content (AvgIpc) is 3.05. The molecule has 0 saturated carbocycles. The van der Waals surface area contributed by atoms with Gasteiger partial charge in [-0.25, -0.2) is 4.68 Å². The number of nitro groups is 1. The van der Waals surface area contributed by atoms with E-state index in [1.807, 2.05) is 24.3 Å². The second-order valence-corrected chi connectivity index (χ2v) is 5.71. The van der Waals surface area contributed by atoms with E-state index in [1.54, 1.807) is 6.07 Å². The molecule has 0 atom stereocenters. The first-order chi connectivity index (χ1) is 11.5. The van der Waals surface area contributed by atoms with Crippen molar-refractivity contribution in [2.24, 2.45) is 0 Å². The zero-order valence-corrected chi connectivity index (χ0v) is 13.7. The van der Waals surface area contributed by atoms with Crippen LogP contribution in [0.4, 0.5) is 11.4 Å². The Morgan fingerprint density at radius 1 is 1.21 bits per heavy atom. The molecule has 0 radical (unpaired) electrons. The van der Waals surface area contributed by atoms with Crippen molar-refractivity contribution in [3.05, 3.63) is 75.0 Å². The lowest BCUT2D eigenvalue weighted by molar-refractivity contribution is -0.384. The second-order valence-electron chi connectivity index (χ2n) is 4.79. The van der Waals surface area contributed by atoms with E-state index >= 15 is 0 Å². The third-order valence-corrected chi connectivity index (χ3v) is 3.61. The van der Waals surface area contributed by atoms with Crippen LogP contribution in [0.2, 0.25) is 0 Å². The number of carbonyl (C=O) groups is 1. The van der Waals surface area contributed by atoms with E-state index in [0.717, 1.165) is 10.2 Å². The number of nitrogens with one attached hydrogen (secondary N) is 1. The van der Waals surface area contributed by atoms with Crippen molar-refractivity contribution in [2.75, 3.05) is 5.32 Å². The Kier molecular flexibility index (Phi) is 4.34. The summed E-state index contributed by atoms with van der Waals surface area (Å²) in [5.74, 6) is -0.503. The van der Waals surface area contributed by atoms with Crippen molar-refractivity contribution in [1.29, 1.82) is 0 Å². The summed E-state index contributed by atoms with van der Waals surface area (Å²) in [5.41, 5.74) is 1.05. The fraction of sp³-hybridized carbons (Fsp3) is 0. The first-order valence-corrected chi connectivity index (χ1v) is 7.56. The highest BCUT2D eigenvalue weighted by Gasteiger charge is 2.13. The molecule has 1 heterocycles. The maximum atomic E-state index is 12.2. The number of aromatic nitrogens is 3. The summed E-state index contributed by atoms with van der Waals surface area (Å²) in [6.45, 7) is 0. The molecule has 0 aliphatic carbocycles. The average molecular weight is 388 g/mol. The first kappa shape index (κ1) is 15.8. The molecule has 0 saturated heterocycles. The van der Waals surface area contributed by atoms with E-state index in [-0.39, 0.29) is 11.4 Å². The fourth-order valence-electron chi connectivity index (χ4n) is 2.01. The number of rotatable bonds is 4. The van der Waals surface area contributed by atoms with Crippen LogP contribution in [0.1, 0.15) is 10.5 Å². The number of amides is 1. The molecule has 24 heavy (non-hydrogen) atoms. The number of non-ortho nitro benzene ring substituents is 1. The van der Waals surface area contributed by atoms with Gasteiger partial charge in [0, 0.05) is 22.3 Å². The summed E-state index contributed by atoms with van der Waals surface area (Å²) in [4.78, 5) is 22.4. The summed E-state index contributed by atoms with van der Waals surface area (Å²) in [5, 5.41) is 21.1. The molecule has 0 aliphatic heterocycles. The van der Waals surface area contributed by atoms with Gasteiger partial charge < -0.3 is 5.32 Å². The molecule has 3 rings (SSSR count). The summed E-state index contributed by atoms with van der Waals surface area (Å²) in [6.07, 6.45) is 1.48. The van der Waals surface area contributed by atoms with E-state index in [9.17, 15) is 14.9 Å². The third kappa shape index (κ3) is 3.46. The predicted molar refractivity (Wildman–Crippen MR) is 90.1 cm³/mol.